The van der Waals surface area contributed by atoms with Crippen molar-refractivity contribution < 1.29 is 73.3 Å². The summed E-state index contributed by atoms with van der Waals surface area (Å²) in [6.45, 7) is -6.94. The van der Waals surface area contributed by atoms with Gasteiger partial charge in [0.2, 0.25) is 0 Å². The zero-order valence-corrected chi connectivity index (χ0v) is 30.5. The smallest absolute Gasteiger partial charge is 0.322 e. The Hall–Kier alpha value is -2.80. The molecule has 0 aromatic carbocycles. The molecule has 0 aromatic heterocycles. The molecular weight excluding hydrogens is 793 g/mol. The first kappa shape index (κ1) is 47.2. The number of aliphatic carboxylic acids is 4. The third-order valence-corrected chi connectivity index (χ3v) is 9.79. The van der Waals surface area contributed by atoms with Crippen LogP contribution in [-0.4, -0.2) is 200 Å². The lowest BCUT2D eigenvalue weighted by Gasteiger charge is -2.39. The van der Waals surface area contributed by atoms with Crippen LogP contribution in [0.5, 0.6) is 0 Å². The van der Waals surface area contributed by atoms with Gasteiger partial charge in [0.1, 0.15) is 24.2 Å². The molecule has 0 radical (unpaired) electrons. The van der Waals surface area contributed by atoms with Crippen LogP contribution in [0.3, 0.4) is 0 Å². The highest BCUT2D eigenvalue weighted by Gasteiger charge is 2.35. The Bertz CT molecular complexity index is 1440. The van der Waals surface area contributed by atoms with Crippen molar-refractivity contribution >= 4 is 64.7 Å². The molecule has 1 saturated heterocycles. The monoisotopic (exact) mass is 836 g/mol. The highest BCUT2D eigenvalue weighted by molar-refractivity contribution is 7.87. The van der Waals surface area contributed by atoms with Crippen LogP contribution in [0.4, 0.5) is 0 Å². The van der Waals surface area contributed by atoms with Crippen LogP contribution >= 0.6 is 0 Å². The van der Waals surface area contributed by atoms with Crippen molar-refractivity contribution in [2.45, 2.75) is 24.2 Å². The van der Waals surface area contributed by atoms with E-state index in [1.54, 1.807) is 0 Å². The zero-order chi connectivity index (χ0) is 40.2. The van der Waals surface area contributed by atoms with Crippen molar-refractivity contribution in [1.29, 1.82) is 0 Å². The fourth-order valence-corrected chi connectivity index (χ4v) is 6.55. The maximum atomic E-state index is 12.3. The first-order valence-electron chi connectivity index (χ1n) is 14.6. The van der Waals surface area contributed by atoms with E-state index < -0.39 is 167 Å². The number of nitrogens with zero attached hydrogens (tertiary/aromatic N) is 4. The molecule has 1 aliphatic rings. The summed E-state index contributed by atoms with van der Waals surface area (Å²) < 4.78 is 100. The van der Waals surface area contributed by atoms with Gasteiger partial charge in [-0.25, -0.2) is 39.4 Å². The minimum Gasteiger partial charge on any atom is -0.480 e. The van der Waals surface area contributed by atoms with E-state index in [1.807, 2.05) is 18.9 Å². The minimum absolute atomic E-state index is 0.446. The summed E-state index contributed by atoms with van der Waals surface area (Å²) in [6.07, 6.45) is 0. The fraction of sp³-hybridized carbons (Fsp3) is 0.800. The van der Waals surface area contributed by atoms with Gasteiger partial charge in [-0.2, -0.15) is 33.7 Å². The minimum atomic E-state index is -4.45. The van der Waals surface area contributed by atoms with E-state index in [0.29, 0.717) is 0 Å². The second-order valence-corrected chi connectivity index (χ2v) is 16.6. The lowest BCUT2D eigenvalue weighted by Crippen LogP contribution is -2.60. The molecule has 1 rings (SSSR count). The quantitative estimate of drug-likeness (QED) is 0.0541. The summed E-state index contributed by atoms with van der Waals surface area (Å²) in [5, 5.41) is 59.9. The van der Waals surface area contributed by atoms with E-state index in [9.17, 15) is 73.3 Å². The maximum absolute atomic E-state index is 12.3. The molecule has 304 valence electrons. The summed E-state index contributed by atoms with van der Waals surface area (Å²) in [4.78, 5) is 53.8. The summed E-state index contributed by atoms with van der Waals surface area (Å²) in [5.41, 5.74) is 0. The Morgan fingerprint density at radius 1 is 0.404 bits per heavy atom. The number of nitrogens with two attached hydrogens (primary N) is 4. The van der Waals surface area contributed by atoms with Crippen LogP contribution in [0.25, 0.3) is 0 Å². The van der Waals surface area contributed by atoms with E-state index in [0.717, 1.165) is 19.6 Å². The predicted molar refractivity (Wildman–Crippen MR) is 176 cm³/mol. The van der Waals surface area contributed by atoms with E-state index in [1.165, 1.54) is 0 Å². The van der Waals surface area contributed by atoms with E-state index in [-0.39, 0.29) is 0 Å². The Morgan fingerprint density at radius 2 is 0.538 bits per heavy atom. The molecule has 0 spiro atoms. The summed E-state index contributed by atoms with van der Waals surface area (Å²) in [7, 11) is -17.8. The predicted octanol–water partition coefficient (Wildman–Crippen LogP) is -9.81. The third-order valence-electron chi connectivity index (χ3n) is 7.51. The molecule has 28 nitrogen and oxygen atoms in total. The maximum Gasteiger partial charge on any atom is 0.322 e. The van der Waals surface area contributed by atoms with E-state index in [2.05, 4.69) is 0 Å². The van der Waals surface area contributed by atoms with Crippen molar-refractivity contribution in [2.24, 2.45) is 20.6 Å². The number of carboxylic acid groups (broad SMARTS) is 4. The van der Waals surface area contributed by atoms with Gasteiger partial charge in [-0.05, 0) is 0 Å². The molecule has 1 heterocycles. The Kier molecular flexibility index (Phi) is 18.2. The SMILES string of the molecule is NS(=O)(=O)NCC(C(=O)O)N1CCN(C(CNS(N)(=O)=O)C(=O)O)CCN(C(CNS(N)(=O)=O)C(=O)O)CCN(C(CNS(N)(=O)=O)C(=O)O)CC1. The Morgan fingerprint density at radius 3 is 0.635 bits per heavy atom. The van der Waals surface area contributed by atoms with Crippen LogP contribution in [0.15, 0.2) is 0 Å². The highest BCUT2D eigenvalue weighted by atomic mass is 32.2. The molecule has 32 heteroatoms. The van der Waals surface area contributed by atoms with Crippen molar-refractivity contribution in [3.05, 3.63) is 0 Å². The van der Waals surface area contributed by atoms with Gasteiger partial charge in [-0.3, -0.25) is 38.8 Å². The lowest BCUT2D eigenvalue weighted by atomic mass is 10.1. The lowest BCUT2D eigenvalue weighted by molar-refractivity contribution is -0.147. The molecule has 1 fully saturated rings. The van der Waals surface area contributed by atoms with Gasteiger partial charge in [0.15, 0.2) is 0 Å². The van der Waals surface area contributed by atoms with Crippen LogP contribution in [-0.2, 0) is 60.0 Å². The molecule has 4 atom stereocenters. The second-order valence-electron chi connectivity index (χ2n) is 11.1. The van der Waals surface area contributed by atoms with Gasteiger partial charge in [0.05, 0.1) is 0 Å². The Labute approximate surface area is 299 Å². The van der Waals surface area contributed by atoms with Gasteiger partial charge < -0.3 is 20.4 Å². The van der Waals surface area contributed by atoms with Crippen LogP contribution < -0.4 is 39.4 Å². The first-order valence-corrected chi connectivity index (χ1v) is 20.8. The number of carbonyl (C=O) groups is 4. The second kappa shape index (κ2) is 20.0. The summed E-state index contributed by atoms with van der Waals surface area (Å²) >= 11 is 0. The molecule has 0 amide bonds. The average Bonchev–Trinajstić information content (AvgIpc) is 2.94. The summed E-state index contributed by atoms with van der Waals surface area (Å²) in [5.74, 6) is -6.46. The zero-order valence-electron chi connectivity index (χ0n) is 27.2. The molecule has 4 unspecified atom stereocenters. The highest BCUT2D eigenvalue weighted by Crippen LogP contribution is 2.12. The first-order chi connectivity index (χ1) is 23.6. The van der Waals surface area contributed by atoms with Crippen LogP contribution in [0.1, 0.15) is 0 Å². The topological polar surface area (TPSA) is 451 Å². The number of hydrogen-bond donors (Lipinski definition) is 12. The average molecular weight is 837 g/mol. The number of rotatable bonds is 20. The molecule has 16 N–H and O–H groups in total. The van der Waals surface area contributed by atoms with Crippen LogP contribution in [0.2, 0.25) is 0 Å². The molecule has 52 heavy (non-hydrogen) atoms. The number of nitrogens with one attached hydrogen (secondary N) is 4. The Balaban J connectivity index is 3.84. The van der Waals surface area contributed by atoms with Crippen molar-refractivity contribution in [1.82, 2.24) is 38.5 Å². The fourth-order valence-electron chi connectivity index (χ4n) is 4.99. The molecule has 0 aromatic rings. The van der Waals surface area contributed by atoms with Crippen molar-refractivity contribution in [3.8, 4) is 0 Å². The van der Waals surface area contributed by atoms with E-state index in [4.69, 9.17) is 20.6 Å². The van der Waals surface area contributed by atoms with Gasteiger partial charge in [0, 0.05) is 78.5 Å². The van der Waals surface area contributed by atoms with Gasteiger partial charge in [-0.15, -0.1) is 0 Å². The molecular formula is C20H44N12O16S4. The molecule has 1 aliphatic heterocycles. The normalized spacial score (nSPS) is 19.8. The van der Waals surface area contributed by atoms with Crippen molar-refractivity contribution in [3.63, 3.8) is 0 Å². The molecule has 0 saturated carbocycles. The third kappa shape index (κ3) is 18.8. The summed E-state index contributed by atoms with van der Waals surface area (Å²) in [6, 6.07) is -6.95. The van der Waals surface area contributed by atoms with Gasteiger partial charge in [-0.1, -0.05) is 0 Å². The number of carboxylic acids is 4. The standard InChI is InChI=1S/C20H44N12O16S4/c21-49(41,42)25-9-13(17(33)34)29-1-2-30(14(18(35)36)10-26-50(22,43)44)5-6-32(16(20(39)40)12-28-52(24,47)48)8-7-31(4-3-29)15(19(37)38)11-27-51(23,45)46/h13-16,25-28H,1-12H2,(H,33,34)(H,35,36)(H,37,38)(H,39,40)(H2,21,41,42)(H2,22,43,44)(H2,23,45,46)(H2,24,47,48). The van der Waals surface area contributed by atoms with Gasteiger partial charge >= 0.3 is 23.9 Å². The molecule has 0 aliphatic carbocycles. The van der Waals surface area contributed by atoms with E-state index >= 15 is 0 Å². The van der Waals surface area contributed by atoms with Gasteiger partial charge in [0.25, 0.3) is 40.8 Å². The number of hydrogen-bond acceptors (Lipinski definition) is 16. The largest absolute Gasteiger partial charge is 0.480 e. The van der Waals surface area contributed by atoms with Crippen LogP contribution in [0, 0.1) is 0 Å². The molecule has 0 bridgehead atoms. The van der Waals surface area contributed by atoms with Crippen molar-refractivity contribution in [2.75, 3.05) is 78.5 Å².